The molecule has 0 N–H and O–H groups in total. The smallest absolute Gasteiger partial charge is 0.160 e. The molecular formula is C24H30ClN5O. The molecule has 4 heterocycles. The molecule has 1 unspecified atom stereocenters. The number of hydrogen-bond donors (Lipinski definition) is 0. The predicted octanol–water partition coefficient (Wildman–Crippen LogP) is 3.90. The van der Waals surface area contributed by atoms with Gasteiger partial charge in [-0.2, -0.15) is 5.10 Å². The largest absolute Gasteiger partial charge is 0.379 e. The van der Waals surface area contributed by atoms with Crippen LogP contribution < -0.4 is 0 Å². The zero-order valence-corrected chi connectivity index (χ0v) is 18.9. The highest BCUT2D eigenvalue weighted by molar-refractivity contribution is 6.30. The van der Waals surface area contributed by atoms with Crippen molar-refractivity contribution in [1.29, 1.82) is 0 Å². The Kier molecular flexibility index (Phi) is 6.23. The fourth-order valence-corrected chi connectivity index (χ4v) is 5.01. The number of nitrogens with zero attached hydrogens (tertiary/aromatic N) is 5. The monoisotopic (exact) mass is 439 g/mol. The third kappa shape index (κ3) is 4.62. The summed E-state index contributed by atoms with van der Waals surface area (Å²) in [5, 5.41) is 5.73. The van der Waals surface area contributed by atoms with Crippen molar-refractivity contribution >= 4 is 17.2 Å². The van der Waals surface area contributed by atoms with Crippen LogP contribution in [0.1, 0.15) is 41.3 Å². The molecule has 164 valence electrons. The molecule has 2 aliphatic rings. The normalized spacial score (nSPS) is 21.0. The minimum absolute atomic E-state index is 0.460. The van der Waals surface area contributed by atoms with Crippen LogP contribution in [0.15, 0.2) is 36.5 Å². The zero-order chi connectivity index (χ0) is 21.2. The van der Waals surface area contributed by atoms with Gasteiger partial charge >= 0.3 is 0 Å². The summed E-state index contributed by atoms with van der Waals surface area (Å²) in [7, 11) is 0. The van der Waals surface area contributed by atoms with E-state index < -0.39 is 0 Å². The fourth-order valence-electron chi connectivity index (χ4n) is 4.88. The quantitative estimate of drug-likeness (QED) is 0.603. The van der Waals surface area contributed by atoms with Crippen LogP contribution in [0.3, 0.4) is 0 Å². The number of benzene rings is 1. The van der Waals surface area contributed by atoms with Gasteiger partial charge in [0, 0.05) is 55.4 Å². The van der Waals surface area contributed by atoms with Crippen LogP contribution in [0.4, 0.5) is 0 Å². The van der Waals surface area contributed by atoms with Crippen molar-refractivity contribution in [2.45, 2.75) is 38.8 Å². The van der Waals surface area contributed by atoms with Gasteiger partial charge in [-0.05, 0) is 50.1 Å². The molecule has 0 bridgehead atoms. The second-order valence-corrected chi connectivity index (χ2v) is 9.19. The lowest BCUT2D eigenvalue weighted by Gasteiger charge is -2.33. The Hall–Kier alpha value is -1.99. The van der Waals surface area contributed by atoms with Crippen LogP contribution in [0.25, 0.3) is 5.65 Å². The minimum atomic E-state index is 0.460. The Morgan fingerprint density at radius 3 is 2.65 bits per heavy atom. The summed E-state index contributed by atoms with van der Waals surface area (Å²) in [5.41, 5.74) is 5.93. The van der Waals surface area contributed by atoms with E-state index in [-0.39, 0.29) is 0 Å². The maximum absolute atomic E-state index is 6.05. The van der Waals surface area contributed by atoms with Crippen molar-refractivity contribution in [3.63, 3.8) is 0 Å². The fraction of sp³-hybridized carbons (Fsp3) is 0.500. The van der Waals surface area contributed by atoms with E-state index in [9.17, 15) is 0 Å². The zero-order valence-electron chi connectivity index (χ0n) is 18.1. The van der Waals surface area contributed by atoms with Gasteiger partial charge in [-0.3, -0.25) is 9.80 Å². The molecule has 0 aliphatic carbocycles. The summed E-state index contributed by atoms with van der Waals surface area (Å²) < 4.78 is 7.62. The highest BCUT2D eigenvalue weighted by Gasteiger charge is 2.25. The first-order chi connectivity index (χ1) is 15.2. The number of aromatic nitrogens is 3. The summed E-state index contributed by atoms with van der Waals surface area (Å²) in [4.78, 5) is 9.73. The first-order valence-corrected chi connectivity index (χ1v) is 11.6. The lowest BCUT2D eigenvalue weighted by molar-refractivity contribution is 0.0342. The molecule has 0 radical (unpaired) electrons. The number of likely N-dealkylation sites (tertiary alicyclic amines) is 1. The van der Waals surface area contributed by atoms with E-state index in [0.717, 1.165) is 68.8 Å². The van der Waals surface area contributed by atoms with Crippen LogP contribution in [0, 0.1) is 6.92 Å². The van der Waals surface area contributed by atoms with Gasteiger partial charge in [-0.25, -0.2) is 9.50 Å². The van der Waals surface area contributed by atoms with Gasteiger partial charge in [-0.15, -0.1) is 0 Å². The number of rotatable bonds is 5. The van der Waals surface area contributed by atoms with Gasteiger partial charge in [0.2, 0.25) is 0 Å². The first-order valence-electron chi connectivity index (χ1n) is 11.3. The molecular weight excluding hydrogens is 410 g/mol. The molecule has 0 spiro atoms. The second kappa shape index (κ2) is 9.25. The number of ether oxygens (including phenoxy) is 1. The molecule has 7 heteroatoms. The Labute approximate surface area is 188 Å². The lowest BCUT2D eigenvalue weighted by atomic mass is 9.94. The van der Waals surface area contributed by atoms with Crippen LogP contribution >= 0.6 is 11.6 Å². The Balaban J connectivity index is 1.36. The van der Waals surface area contributed by atoms with Gasteiger partial charge in [0.15, 0.2) is 5.65 Å². The molecule has 2 aromatic heterocycles. The summed E-state index contributed by atoms with van der Waals surface area (Å²) in [6.07, 6.45) is 4.35. The molecule has 1 atom stereocenters. The van der Waals surface area contributed by atoms with E-state index in [1.54, 1.807) is 0 Å². The molecule has 5 rings (SSSR count). The van der Waals surface area contributed by atoms with Crippen LogP contribution in [-0.4, -0.2) is 63.8 Å². The van der Waals surface area contributed by atoms with Crippen molar-refractivity contribution in [2.24, 2.45) is 0 Å². The van der Waals surface area contributed by atoms with Crippen molar-refractivity contribution in [3.05, 3.63) is 64.1 Å². The van der Waals surface area contributed by atoms with Crippen molar-refractivity contribution in [2.75, 3.05) is 39.4 Å². The average Bonchev–Trinajstić information content (AvgIpc) is 3.11. The molecule has 0 amide bonds. The van der Waals surface area contributed by atoms with E-state index in [2.05, 4.69) is 39.4 Å². The van der Waals surface area contributed by atoms with Crippen molar-refractivity contribution in [3.8, 4) is 0 Å². The number of morpholine rings is 1. The van der Waals surface area contributed by atoms with Gasteiger partial charge in [-0.1, -0.05) is 23.7 Å². The van der Waals surface area contributed by atoms with Crippen LogP contribution in [-0.2, 0) is 17.8 Å². The lowest BCUT2D eigenvalue weighted by Crippen LogP contribution is -2.35. The summed E-state index contributed by atoms with van der Waals surface area (Å²) >= 11 is 6.05. The van der Waals surface area contributed by atoms with E-state index in [1.165, 1.54) is 29.7 Å². The van der Waals surface area contributed by atoms with E-state index in [4.69, 9.17) is 26.4 Å². The molecule has 1 aromatic carbocycles. The molecule has 6 nitrogen and oxygen atoms in total. The molecule has 2 aliphatic heterocycles. The predicted molar refractivity (Wildman–Crippen MR) is 123 cm³/mol. The Morgan fingerprint density at radius 2 is 1.84 bits per heavy atom. The van der Waals surface area contributed by atoms with Gasteiger partial charge in [0.1, 0.15) is 0 Å². The molecule has 31 heavy (non-hydrogen) atoms. The van der Waals surface area contributed by atoms with E-state index in [1.807, 2.05) is 18.3 Å². The van der Waals surface area contributed by atoms with Crippen molar-refractivity contribution < 1.29 is 4.74 Å². The third-order valence-corrected chi connectivity index (χ3v) is 6.82. The third-order valence-electron chi connectivity index (χ3n) is 6.57. The summed E-state index contributed by atoms with van der Waals surface area (Å²) in [5.74, 6) is 0.460. The number of piperidine rings is 1. The number of aryl methyl sites for hydroxylation is 1. The van der Waals surface area contributed by atoms with Gasteiger partial charge in [0.25, 0.3) is 0 Å². The maximum atomic E-state index is 6.05. The first kappa shape index (κ1) is 20.9. The second-order valence-electron chi connectivity index (χ2n) is 8.76. The van der Waals surface area contributed by atoms with Crippen LogP contribution in [0.5, 0.6) is 0 Å². The van der Waals surface area contributed by atoms with Gasteiger partial charge < -0.3 is 4.74 Å². The molecule has 0 saturated carbocycles. The van der Waals surface area contributed by atoms with E-state index in [0.29, 0.717) is 5.92 Å². The number of hydrogen-bond acceptors (Lipinski definition) is 5. The maximum Gasteiger partial charge on any atom is 0.160 e. The SMILES string of the molecule is Cc1nn2c(C3CCCN(Cc4ccc(Cl)cc4)C3)ccnc2c1CN1CCOCC1. The van der Waals surface area contributed by atoms with Gasteiger partial charge in [0.05, 0.1) is 24.6 Å². The molecule has 3 aromatic rings. The highest BCUT2D eigenvalue weighted by Crippen LogP contribution is 2.29. The standard InChI is InChI=1S/C24H30ClN5O/c1-18-22(17-28-11-13-31-14-12-28)24-26-9-8-23(30(24)27-18)20-3-2-10-29(16-20)15-19-4-6-21(25)7-5-19/h4-9,20H,2-3,10-17H2,1H3. The van der Waals surface area contributed by atoms with Crippen molar-refractivity contribution in [1.82, 2.24) is 24.4 Å². The molecule has 2 fully saturated rings. The Morgan fingerprint density at radius 1 is 1.03 bits per heavy atom. The van der Waals surface area contributed by atoms with Crippen LogP contribution in [0.2, 0.25) is 5.02 Å². The molecule has 2 saturated heterocycles. The topological polar surface area (TPSA) is 45.9 Å². The van der Waals surface area contributed by atoms with E-state index >= 15 is 0 Å². The average molecular weight is 440 g/mol. The number of fused-ring (bicyclic) bond motifs is 1. The number of halogens is 1. The summed E-state index contributed by atoms with van der Waals surface area (Å²) in [6, 6.07) is 10.4. The highest BCUT2D eigenvalue weighted by atomic mass is 35.5. The Bertz CT molecular complexity index is 1030. The minimum Gasteiger partial charge on any atom is -0.379 e. The summed E-state index contributed by atoms with van der Waals surface area (Å²) in [6.45, 7) is 9.70.